The first-order chi connectivity index (χ1) is 9.86. The van der Waals surface area contributed by atoms with Gasteiger partial charge in [0, 0.05) is 12.7 Å². The molecule has 0 aliphatic rings. The zero-order valence-electron chi connectivity index (χ0n) is 11.1. The number of halogens is 3. The summed E-state index contributed by atoms with van der Waals surface area (Å²) < 4.78 is 42.8. The van der Waals surface area contributed by atoms with Crippen LogP contribution in [0.15, 0.2) is 47.1 Å². The van der Waals surface area contributed by atoms with Crippen LogP contribution in [-0.4, -0.2) is 18.0 Å². The first-order valence-electron chi connectivity index (χ1n) is 6.08. The lowest BCUT2D eigenvalue weighted by atomic mass is 10.2. The number of rotatable bonds is 3. The van der Waals surface area contributed by atoms with Crippen molar-refractivity contribution in [3.8, 4) is 0 Å². The first-order valence-corrected chi connectivity index (χ1v) is 6.08. The molecule has 0 atom stereocenters. The minimum atomic E-state index is -4.44. The topological polar surface area (TPSA) is 45.5 Å². The van der Waals surface area contributed by atoms with Crippen molar-refractivity contribution in [3.05, 3.63) is 54.0 Å². The van der Waals surface area contributed by atoms with Gasteiger partial charge in [-0.2, -0.15) is 13.2 Å². The van der Waals surface area contributed by atoms with Gasteiger partial charge >= 0.3 is 12.2 Å². The van der Waals surface area contributed by atoms with Crippen molar-refractivity contribution in [2.45, 2.75) is 12.7 Å². The zero-order chi connectivity index (χ0) is 15.5. The lowest BCUT2D eigenvalue weighted by Crippen LogP contribution is -2.30. The van der Waals surface area contributed by atoms with Crippen molar-refractivity contribution in [3.63, 3.8) is 0 Å². The maximum Gasteiger partial charge on any atom is 0.416 e. The minimum Gasteiger partial charge on any atom is -0.467 e. The van der Waals surface area contributed by atoms with Gasteiger partial charge in [-0.1, -0.05) is 6.07 Å². The summed E-state index contributed by atoms with van der Waals surface area (Å²) >= 11 is 0. The summed E-state index contributed by atoms with van der Waals surface area (Å²) in [4.78, 5) is 13.2. The van der Waals surface area contributed by atoms with Crippen LogP contribution in [-0.2, 0) is 12.7 Å². The Kier molecular flexibility index (Phi) is 4.21. The van der Waals surface area contributed by atoms with Crippen molar-refractivity contribution in [2.24, 2.45) is 0 Å². The standard InChI is InChI=1S/C14H13F3N2O2/c1-19(9-12-6-3-7-21-12)13(20)18-11-5-2-4-10(8-11)14(15,16)17/h2-8H,9H2,1H3,(H,18,20). The zero-order valence-corrected chi connectivity index (χ0v) is 11.1. The number of anilines is 1. The second-order valence-electron chi connectivity index (χ2n) is 4.44. The Morgan fingerprint density at radius 3 is 2.67 bits per heavy atom. The number of alkyl halides is 3. The number of urea groups is 1. The highest BCUT2D eigenvalue weighted by molar-refractivity contribution is 5.89. The lowest BCUT2D eigenvalue weighted by Gasteiger charge is -2.17. The molecule has 1 aromatic carbocycles. The van der Waals surface area contributed by atoms with Gasteiger partial charge in [0.15, 0.2) is 0 Å². The lowest BCUT2D eigenvalue weighted by molar-refractivity contribution is -0.137. The summed E-state index contributed by atoms with van der Waals surface area (Å²) in [5.41, 5.74) is -0.727. The van der Waals surface area contributed by atoms with Crippen LogP contribution in [0.2, 0.25) is 0 Å². The largest absolute Gasteiger partial charge is 0.467 e. The molecule has 0 unspecified atom stereocenters. The van der Waals surface area contributed by atoms with Crippen molar-refractivity contribution in [1.29, 1.82) is 0 Å². The molecule has 1 aromatic heterocycles. The Labute approximate surface area is 119 Å². The van der Waals surface area contributed by atoms with Crippen LogP contribution in [0.25, 0.3) is 0 Å². The van der Waals surface area contributed by atoms with Gasteiger partial charge in [-0.25, -0.2) is 4.79 Å². The minimum absolute atomic E-state index is 0.0844. The fourth-order valence-electron chi connectivity index (χ4n) is 1.70. The number of amides is 2. The maximum absolute atomic E-state index is 12.6. The quantitative estimate of drug-likeness (QED) is 0.932. The number of hydrogen-bond donors (Lipinski definition) is 1. The number of carbonyl (C=O) groups is 1. The second-order valence-corrected chi connectivity index (χ2v) is 4.44. The first kappa shape index (κ1) is 15.0. The Morgan fingerprint density at radius 2 is 2.05 bits per heavy atom. The second kappa shape index (κ2) is 5.90. The van der Waals surface area contributed by atoms with E-state index in [4.69, 9.17) is 4.42 Å². The highest BCUT2D eigenvalue weighted by Gasteiger charge is 2.30. The Morgan fingerprint density at radius 1 is 1.29 bits per heavy atom. The van der Waals surface area contributed by atoms with E-state index in [1.165, 1.54) is 30.3 Å². The van der Waals surface area contributed by atoms with Gasteiger partial charge in [0.1, 0.15) is 5.76 Å². The summed E-state index contributed by atoms with van der Waals surface area (Å²) in [6.45, 7) is 0.220. The SMILES string of the molecule is CN(Cc1ccco1)C(=O)Nc1cccc(C(F)(F)F)c1. The van der Waals surface area contributed by atoms with E-state index in [0.29, 0.717) is 5.76 Å². The number of furan rings is 1. The molecular formula is C14H13F3N2O2. The van der Waals surface area contributed by atoms with Gasteiger partial charge in [-0.3, -0.25) is 0 Å². The molecule has 0 aliphatic heterocycles. The molecule has 4 nitrogen and oxygen atoms in total. The molecule has 0 aliphatic carbocycles. The molecule has 2 rings (SSSR count). The summed E-state index contributed by atoms with van der Waals surface area (Å²) in [6, 6.07) is 7.34. The Balaban J connectivity index is 2.02. The predicted octanol–water partition coefficient (Wildman–Crippen LogP) is 3.96. The molecule has 1 heterocycles. The van der Waals surface area contributed by atoms with E-state index >= 15 is 0 Å². The monoisotopic (exact) mass is 298 g/mol. The highest BCUT2D eigenvalue weighted by Crippen LogP contribution is 2.30. The molecule has 2 amide bonds. The predicted molar refractivity (Wildman–Crippen MR) is 70.6 cm³/mol. The molecule has 0 radical (unpaired) electrons. The van der Waals surface area contributed by atoms with Gasteiger partial charge in [0.05, 0.1) is 18.4 Å². The van der Waals surface area contributed by atoms with Crippen molar-refractivity contribution < 1.29 is 22.4 Å². The molecule has 7 heteroatoms. The number of nitrogens with zero attached hydrogens (tertiary/aromatic N) is 1. The Bertz CT molecular complexity index is 609. The van der Waals surface area contributed by atoms with Crippen LogP contribution in [0.3, 0.4) is 0 Å². The fourth-order valence-corrected chi connectivity index (χ4v) is 1.70. The number of hydrogen-bond acceptors (Lipinski definition) is 2. The van der Waals surface area contributed by atoms with E-state index in [1.807, 2.05) is 0 Å². The van der Waals surface area contributed by atoms with Crippen LogP contribution in [0.4, 0.5) is 23.7 Å². The van der Waals surface area contributed by atoms with E-state index in [2.05, 4.69) is 5.32 Å². The summed E-state index contributed by atoms with van der Waals surface area (Å²) in [5.74, 6) is 0.580. The third-order valence-corrected chi connectivity index (χ3v) is 2.76. The van der Waals surface area contributed by atoms with Crippen LogP contribution >= 0.6 is 0 Å². The highest BCUT2D eigenvalue weighted by atomic mass is 19.4. The summed E-state index contributed by atoms with van der Waals surface area (Å²) in [7, 11) is 1.52. The third kappa shape index (κ3) is 4.01. The van der Waals surface area contributed by atoms with Gasteiger partial charge < -0.3 is 14.6 Å². The Hall–Kier alpha value is -2.44. The molecule has 21 heavy (non-hydrogen) atoms. The van der Waals surface area contributed by atoms with Crippen molar-refractivity contribution in [1.82, 2.24) is 4.90 Å². The summed E-state index contributed by atoms with van der Waals surface area (Å²) in [5, 5.41) is 2.41. The molecular weight excluding hydrogens is 285 g/mol. The third-order valence-electron chi connectivity index (χ3n) is 2.76. The number of carbonyl (C=O) groups excluding carboxylic acids is 1. The van der Waals surface area contributed by atoms with E-state index < -0.39 is 17.8 Å². The molecule has 0 bridgehead atoms. The van der Waals surface area contributed by atoms with Gasteiger partial charge in [0.25, 0.3) is 0 Å². The van der Waals surface area contributed by atoms with Crippen LogP contribution in [0.1, 0.15) is 11.3 Å². The normalized spacial score (nSPS) is 11.2. The van der Waals surface area contributed by atoms with Crippen LogP contribution in [0.5, 0.6) is 0 Å². The van der Waals surface area contributed by atoms with E-state index in [0.717, 1.165) is 12.1 Å². The number of nitrogens with one attached hydrogen (secondary N) is 1. The number of benzene rings is 1. The molecule has 0 saturated carbocycles. The van der Waals surface area contributed by atoms with Crippen molar-refractivity contribution >= 4 is 11.7 Å². The molecule has 2 aromatic rings. The fraction of sp³-hybridized carbons (Fsp3) is 0.214. The van der Waals surface area contributed by atoms with Gasteiger partial charge in [0.2, 0.25) is 0 Å². The molecule has 0 fully saturated rings. The average molecular weight is 298 g/mol. The molecule has 1 N–H and O–H groups in total. The van der Waals surface area contributed by atoms with Gasteiger partial charge in [-0.15, -0.1) is 0 Å². The molecule has 112 valence electrons. The van der Waals surface area contributed by atoms with E-state index in [1.54, 1.807) is 12.1 Å². The maximum atomic E-state index is 12.6. The van der Waals surface area contributed by atoms with E-state index in [-0.39, 0.29) is 12.2 Å². The molecule has 0 spiro atoms. The van der Waals surface area contributed by atoms with Crippen LogP contribution < -0.4 is 5.32 Å². The van der Waals surface area contributed by atoms with Gasteiger partial charge in [-0.05, 0) is 30.3 Å². The smallest absolute Gasteiger partial charge is 0.416 e. The molecule has 0 saturated heterocycles. The van der Waals surface area contributed by atoms with Crippen molar-refractivity contribution in [2.75, 3.05) is 12.4 Å². The average Bonchev–Trinajstić information content (AvgIpc) is 2.91. The van der Waals surface area contributed by atoms with Crippen LogP contribution in [0, 0.1) is 0 Å². The van der Waals surface area contributed by atoms with E-state index in [9.17, 15) is 18.0 Å². The summed E-state index contributed by atoms with van der Waals surface area (Å²) in [6.07, 6.45) is -2.96.